The van der Waals surface area contributed by atoms with Crippen molar-refractivity contribution in [3.8, 4) is 5.75 Å². The maximum Gasteiger partial charge on any atom is 0.326 e. The molecule has 0 aromatic heterocycles. The minimum absolute atomic E-state index is 0.0911. The fourth-order valence-corrected chi connectivity index (χ4v) is 2.70. The molecule has 6 heteroatoms. The number of carboxylic acid groups (broad SMARTS) is 1. The number of rotatable bonds is 5. The number of hydrogen-bond donors (Lipinski definition) is 1. The average molecular weight is 333 g/mol. The lowest BCUT2D eigenvalue weighted by Crippen LogP contribution is -2.53. The molecule has 1 aliphatic rings. The molecule has 130 valence electrons. The van der Waals surface area contributed by atoms with Crippen LogP contribution in [-0.2, 0) is 27.3 Å². The number of benzene rings is 1. The zero-order valence-electron chi connectivity index (χ0n) is 14.5. The van der Waals surface area contributed by atoms with E-state index in [9.17, 15) is 19.5 Å². The predicted octanol–water partition coefficient (Wildman–Crippen LogP) is 2.04. The summed E-state index contributed by atoms with van der Waals surface area (Å²) in [5.41, 5.74) is 0.853. The quantitative estimate of drug-likeness (QED) is 0.834. The first-order valence-electron chi connectivity index (χ1n) is 7.95. The number of methoxy groups -OCH3 is 1. The van der Waals surface area contributed by atoms with Crippen LogP contribution in [0.25, 0.3) is 0 Å². The van der Waals surface area contributed by atoms with Gasteiger partial charge in [0.05, 0.1) is 7.11 Å². The molecule has 1 N–H and O–H groups in total. The van der Waals surface area contributed by atoms with Crippen molar-refractivity contribution in [2.24, 2.45) is 5.41 Å². The van der Waals surface area contributed by atoms with Crippen molar-refractivity contribution < 1.29 is 24.2 Å². The number of ether oxygens (including phenoxy) is 1. The van der Waals surface area contributed by atoms with Crippen molar-refractivity contribution in [2.45, 2.75) is 46.2 Å². The lowest BCUT2D eigenvalue weighted by atomic mass is 9.83. The first-order valence-corrected chi connectivity index (χ1v) is 7.95. The molecule has 0 fully saturated rings. The lowest BCUT2D eigenvalue weighted by Gasteiger charge is -2.35. The van der Waals surface area contributed by atoms with Gasteiger partial charge in [-0.05, 0) is 29.7 Å². The molecule has 0 saturated carbocycles. The van der Waals surface area contributed by atoms with Crippen LogP contribution < -0.4 is 4.74 Å². The van der Waals surface area contributed by atoms with Crippen molar-refractivity contribution >= 4 is 17.7 Å². The number of carboxylic acids is 1. The molecule has 1 aliphatic heterocycles. The second-order valence-electron chi connectivity index (χ2n) is 6.69. The Morgan fingerprint density at radius 1 is 1.29 bits per heavy atom. The zero-order chi connectivity index (χ0) is 18.1. The van der Waals surface area contributed by atoms with E-state index < -0.39 is 29.1 Å². The van der Waals surface area contributed by atoms with Crippen LogP contribution in [0.4, 0.5) is 0 Å². The monoisotopic (exact) mass is 333 g/mol. The molecule has 6 nitrogen and oxygen atoms in total. The van der Waals surface area contributed by atoms with Gasteiger partial charge in [0.15, 0.2) is 0 Å². The lowest BCUT2D eigenvalue weighted by molar-refractivity contribution is -0.157. The highest BCUT2D eigenvalue weighted by molar-refractivity contribution is 6.38. The van der Waals surface area contributed by atoms with Crippen molar-refractivity contribution in [2.75, 3.05) is 7.11 Å². The molecule has 0 aliphatic carbocycles. The van der Waals surface area contributed by atoms with Gasteiger partial charge in [-0.25, -0.2) is 4.79 Å². The summed E-state index contributed by atoms with van der Waals surface area (Å²) in [5.74, 6) is -1.76. The van der Waals surface area contributed by atoms with Crippen LogP contribution in [0.5, 0.6) is 5.75 Å². The fourth-order valence-electron chi connectivity index (χ4n) is 2.70. The molecule has 2 rings (SSSR count). The topological polar surface area (TPSA) is 83.9 Å². The van der Waals surface area contributed by atoms with Crippen LogP contribution in [0.15, 0.2) is 18.2 Å². The van der Waals surface area contributed by atoms with Crippen molar-refractivity contribution in [1.29, 1.82) is 0 Å². The predicted molar refractivity (Wildman–Crippen MR) is 87.8 cm³/mol. The second kappa shape index (κ2) is 6.63. The molecular formula is C18H23NO5. The molecule has 0 bridgehead atoms. The second-order valence-corrected chi connectivity index (χ2v) is 6.69. The third kappa shape index (κ3) is 3.27. The minimum Gasteiger partial charge on any atom is -0.497 e. The maximum absolute atomic E-state index is 12.7. The van der Waals surface area contributed by atoms with Gasteiger partial charge < -0.3 is 14.7 Å². The van der Waals surface area contributed by atoms with Gasteiger partial charge in [0.1, 0.15) is 11.8 Å². The van der Waals surface area contributed by atoms with E-state index in [-0.39, 0.29) is 13.0 Å². The molecule has 1 amide bonds. The Balaban J connectivity index is 2.38. The van der Waals surface area contributed by atoms with E-state index in [1.54, 1.807) is 33.1 Å². The third-order valence-electron chi connectivity index (χ3n) is 4.78. The van der Waals surface area contributed by atoms with Gasteiger partial charge in [-0.1, -0.05) is 26.8 Å². The Morgan fingerprint density at radius 2 is 1.96 bits per heavy atom. The van der Waals surface area contributed by atoms with Crippen molar-refractivity contribution in [1.82, 2.24) is 4.90 Å². The Morgan fingerprint density at radius 3 is 2.50 bits per heavy atom. The normalized spacial score (nSPS) is 17.2. The number of carbonyl (C=O) groups is 3. The van der Waals surface area contributed by atoms with Gasteiger partial charge in [0.25, 0.3) is 5.91 Å². The SMILES string of the molecule is CCC(C)(C)C(=O)C(=O)N1Cc2cc(OC)ccc2CC1C(=O)O. The Bertz CT molecular complexity index is 680. The Kier molecular flexibility index (Phi) is 4.96. The molecular weight excluding hydrogens is 310 g/mol. The number of hydrogen-bond acceptors (Lipinski definition) is 4. The van der Waals surface area contributed by atoms with E-state index in [0.29, 0.717) is 12.2 Å². The van der Waals surface area contributed by atoms with Crippen LogP contribution in [0.3, 0.4) is 0 Å². The first-order chi connectivity index (χ1) is 11.2. The van der Waals surface area contributed by atoms with E-state index in [4.69, 9.17) is 4.74 Å². The number of nitrogens with zero attached hydrogens (tertiary/aromatic N) is 1. The summed E-state index contributed by atoms with van der Waals surface area (Å²) in [6, 6.07) is 4.32. The zero-order valence-corrected chi connectivity index (χ0v) is 14.5. The minimum atomic E-state index is -1.10. The van der Waals surface area contributed by atoms with Gasteiger partial charge in [0.2, 0.25) is 5.78 Å². The molecule has 1 aromatic carbocycles. The molecule has 0 radical (unpaired) electrons. The van der Waals surface area contributed by atoms with Crippen molar-refractivity contribution in [3.63, 3.8) is 0 Å². The van der Waals surface area contributed by atoms with E-state index in [1.807, 2.05) is 13.0 Å². The largest absolute Gasteiger partial charge is 0.497 e. The molecule has 0 saturated heterocycles. The van der Waals surface area contributed by atoms with Gasteiger partial charge in [0, 0.05) is 18.4 Å². The Hall–Kier alpha value is -2.37. The van der Waals surface area contributed by atoms with E-state index in [1.165, 1.54) is 4.90 Å². The van der Waals surface area contributed by atoms with E-state index in [0.717, 1.165) is 11.1 Å². The highest BCUT2D eigenvalue weighted by Gasteiger charge is 2.41. The number of fused-ring (bicyclic) bond motifs is 1. The number of ketones is 1. The summed E-state index contributed by atoms with van der Waals surface area (Å²) in [6.07, 6.45) is 0.688. The molecule has 24 heavy (non-hydrogen) atoms. The smallest absolute Gasteiger partial charge is 0.326 e. The van der Waals surface area contributed by atoms with Gasteiger partial charge in [-0.2, -0.15) is 0 Å². The highest BCUT2D eigenvalue weighted by atomic mass is 16.5. The van der Waals surface area contributed by atoms with Gasteiger partial charge in [-0.3, -0.25) is 9.59 Å². The maximum atomic E-state index is 12.7. The van der Waals surface area contributed by atoms with Crippen LogP contribution in [0.1, 0.15) is 38.3 Å². The van der Waals surface area contributed by atoms with E-state index in [2.05, 4.69) is 0 Å². The summed E-state index contributed by atoms with van der Waals surface area (Å²) < 4.78 is 5.18. The summed E-state index contributed by atoms with van der Waals surface area (Å²) in [7, 11) is 1.54. The first kappa shape index (κ1) is 18.0. The molecule has 1 unspecified atom stereocenters. The Labute approximate surface area is 141 Å². The average Bonchev–Trinajstić information content (AvgIpc) is 2.58. The van der Waals surface area contributed by atoms with Gasteiger partial charge in [-0.15, -0.1) is 0 Å². The van der Waals surface area contributed by atoms with Gasteiger partial charge >= 0.3 is 5.97 Å². The van der Waals surface area contributed by atoms with E-state index >= 15 is 0 Å². The molecule has 0 spiro atoms. The van der Waals surface area contributed by atoms with Crippen LogP contribution in [-0.4, -0.2) is 40.8 Å². The molecule has 1 atom stereocenters. The molecule has 1 heterocycles. The summed E-state index contributed by atoms with van der Waals surface area (Å²) in [6.45, 7) is 5.32. The van der Waals surface area contributed by atoms with Crippen molar-refractivity contribution in [3.05, 3.63) is 29.3 Å². The fraction of sp³-hybridized carbons (Fsp3) is 0.500. The molecule has 1 aromatic rings. The summed E-state index contributed by atoms with van der Waals surface area (Å²) >= 11 is 0. The van der Waals surface area contributed by atoms with Crippen LogP contribution >= 0.6 is 0 Å². The summed E-state index contributed by atoms with van der Waals surface area (Å²) in [5, 5.41) is 9.50. The number of carbonyl (C=O) groups excluding carboxylic acids is 2. The number of Topliss-reactive ketones (excluding diaryl/α,β-unsaturated/α-hetero) is 1. The van der Waals surface area contributed by atoms with Crippen LogP contribution in [0, 0.1) is 5.41 Å². The summed E-state index contributed by atoms with van der Waals surface area (Å²) in [4.78, 5) is 37.9. The number of aliphatic carboxylic acids is 1. The van der Waals surface area contributed by atoms with Crippen LogP contribution in [0.2, 0.25) is 0 Å². The number of amides is 1. The highest BCUT2D eigenvalue weighted by Crippen LogP contribution is 2.29. The third-order valence-corrected chi connectivity index (χ3v) is 4.78. The standard InChI is InChI=1S/C18H23NO5/c1-5-18(2,3)15(20)16(21)19-10-12-8-13(24-4)7-6-11(12)9-14(19)17(22)23/h6-8,14H,5,9-10H2,1-4H3,(H,22,23).